The van der Waals surface area contributed by atoms with Crippen molar-refractivity contribution in [3.05, 3.63) is 36.5 Å². The van der Waals surface area contributed by atoms with Gasteiger partial charge >= 0.3 is 12.1 Å². The summed E-state index contributed by atoms with van der Waals surface area (Å²) >= 11 is 0. The predicted molar refractivity (Wildman–Crippen MR) is 180 cm³/mol. The number of imide groups is 3. The molecule has 0 saturated carbocycles. The summed E-state index contributed by atoms with van der Waals surface area (Å²) in [7, 11) is 0. The lowest BCUT2D eigenvalue weighted by Gasteiger charge is -2.34. The third-order valence-corrected chi connectivity index (χ3v) is 7.87. The number of halogens is 3. The first-order valence-corrected chi connectivity index (χ1v) is 17.0. The van der Waals surface area contributed by atoms with Crippen LogP contribution in [0.15, 0.2) is 36.5 Å². The number of alkyl halides is 3. The van der Waals surface area contributed by atoms with Gasteiger partial charge in [0, 0.05) is 95.0 Å². The second kappa shape index (κ2) is 21.3. The lowest BCUT2D eigenvalue weighted by atomic mass is 10.0. The van der Waals surface area contributed by atoms with E-state index < -0.39 is 110 Å². The number of carbonyl (C=O) groups is 10. The van der Waals surface area contributed by atoms with E-state index in [-0.39, 0.29) is 58.5 Å². The predicted octanol–water partition coefficient (Wildman–Crippen LogP) is -3.25. The molecular weight excluding hydrogens is 759 g/mol. The minimum atomic E-state index is -5.38. The largest absolute Gasteiger partial charge is 0.471 e. The van der Waals surface area contributed by atoms with E-state index in [4.69, 9.17) is 14.2 Å². The van der Waals surface area contributed by atoms with Crippen LogP contribution in [-0.4, -0.2) is 164 Å². The van der Waals surface area contributed by atoms with Crippen molar-refractivity contribution in [2.24, 2.45) is 0 Å². The molecule has 3 aliphatic rings. The molecule has 20 nitrogen and oxygen atoms in total. The third-order valence-electron chi connectivity index (χ3n) is 7.87. The fourth-order valence-electron chi connectivity index (χ4n) is 4.98. The van der Waals surface area contributed by atoms with Crippen molar-refractivity contribution in [3.8, 4) is 0 Å². The Hall–Kier alpha value is -5.81. The maximum Gasteiger partial charge on any atom is 0.471 e. The maximum atomic E-state index is 13.5. The summed E-state index contributed by atoms with van der Waals surface area (Å²) in [6.07, 6.45) is 0.0699. The van der Waals surface area contributed by atoms with Gasteiger partial charge in [0.25, 0.3) is 35.4 Å². The van der Waals surface area contributed by atoms with Gasteiger partial charge < -0.3 is 35.5 Å². The fraction of sp³-hybridized carbons (Fsp3) is 0.515. The highest BCUT2D eigenvalue weighted by molar-refractivity contribution is 6.14. The minimum absolute atomic E-state index is 0.0934. The van der Waals surface area contributed by atoms with Crippen LogP contribution in [0.1, 0.15) is 19.3 Å². The quantitative estimate of drug-likeness (QED) is 0.0524. The number of nitrogens with zero attached hydrogens (tertiary/aromatic N) is 3. The average molecular weight is 800 g/mol. The highest BCUT2D eigenvalue weighted by Gasteiger charge is 2.45. The van der Waals surface area contributed by atoms with E-state index in [1.54, 1.807) is 5.32 Å². The Morgan fingerprint density at radius 1 is 0.500 bits per heavy atom. The summed E-state index contributed by atoms with van der Waals surface area (Å²) < 4.78 is 56.8. The van der Waals surface area contributed by atoms with Crippen LogP contribution in [0, 0.1) is 0 Å². The number of hydrogen-bond acceptors (Lipinski definition) is 13. The Labute approximate surface area is 316 Å². The molecule has 0 saturated heterocycles. The van der Waals surface area contributed by atoms with Gasteiger partial charge in [-0.2, -0.15) is 13.2 Å². The summed E-state index contributed by atoms with van der Waals surface area (Å²) in [6, 6.07) is 0. The van der Waals surface area contributed by atoms with Gasteiger partial charge in [-0.05, 0) is 0 Å². The molecule has 3 aliphatic heterocycles. The molecule has 0 bridgehead atoms. The van der Waals surface area contributed by atoms with E-state index in [2.05, 4.69) is 16.0 Å². The van der Waals surface area contributed by atoms with Crippen LogP contribution in [0.2, 0.25) is 0 Å². The van der Waals surface area contributed by atoms with Gasteiger partial charge in [0.1, 0.15) is 5.54 Å². The Bertz CT molecular complexity index is 1430. The van der Waals surface area contributed by atoms with Gasteiger partial charge in [0.2, 0.25) is 17.7 Å². The molecule has 23 heteroatoms. The Morgan fingerprint density at radius 2 is 0.768 bits per heavy atom. The minimum Gasteiger partial charge on any atom is -0.378 e. The molecule has 3 heterocycles. The first-order chi connectivity index (χ1) is 26.5. The Balaban J connectivity index is 1.55. The number of rotatable bonds is 25. The van der Waals surface area contributed by atoms with Crippen molar-refractivity contribution in [1.82, 2.24) is 36.0 Å². The summed E-state index contributed by atoms with van der Waals surface area (Å²) in [4.78, 5) is 122. The topological polar surface area (TPSA) is 256 Å². The zero-order valence-corrected chi connectivity index (χ0v) is 29.9. The molecular formula is C33H40F3N7O13. The molecule has 0 unspecified atom stereocenters. The van der Waals surface area contributed by atoms with Crippen molar-refractivity contribution in [3.63, 3.8) is 0 Å². The molecule has 56 heavy (non-hydrogen) atoms. The SMILES string of the molecule is O=C(CCOCC(COCCC(=O)NCCN1C(=O)C=CC1=O)(COCCC(=O)NCCN1C(=O)C=CC1=O)NC(=O)C(F)(F)F)NCCN1C(=O)C=CC1=O. The highest BCUT2D eigenvalue weighted by atomic mass is 19.4. The van der Waals surface area contributed by atoms with E-state index in [0.29, 0.717) is 0 Å². The third kappa shape index (κ3) is 14.4. The molecule has 0 aliphatic carbocycles. The van der Waals surface area contributed by atoms with Crippen LogP contribution >= 0.6 is 0 Å². The van der Waals surface area contributed by atoms with E-state index in [1.165, 1.54) is 0 Å². The molecule has 0 aromatic heterocycles. The van der Waals surface area contributed by atoms with Gasteiger partial charge in [0.05, 0.1) is 39.6 Å². The van der Waals surface area contributed by atoms with Crippen LogP contribution in [0.4, 0.5) is 13.2 Å². The monoisotopic (exact) mass is 799 g/mol. The summed E-state index contributed by atoms with van der Waals surface area (Å²) in [5, 5.41) is 9.17. The van der Waals surface area contributed by atoms with Gasteiger partial charge in [-0.1, -0.05) is 0 Å². The highest BCUT2D eigenvalue weighted by Crippen LogP contribution is 2.18. The standard InChI is InChI=1S/C33H40F3N7O13/c34-33(35,36)31(53)40-32(19-54-16-7-22(44)37-10-13-41-25(47)1-2-26(41)48,20-55-17-8-23(45)38-11-14-42-27(49)3-4-28(42)50)21-56-18-9-24(46)39-12-15-43-29(51)5-6-30(43)52/h1-6H,7-21H2,(H,37,44)(H,38,45)(H,39,46)(H,40,53). The average Bonchev–Trinajstić information content (AvgIpc) is 3.76. The Kier molecular flexibility index (Phi) is 17.0. The first kappa shape index (κ1) is 44.6. The lowest BCUT2D eigenvalue weighted by molar-refractivity contribution is -0.178. The van der Waals surface area contributed by atoms with E-state index >= 15 is 0 Å². The Morgan fingerprint density at radius 3 is 1.02 bits per heavy atom. The van der Waals surface area contributed by atoms with E-state index in [1.807, 2.05) is 0 Å². The summed E-state index contributed by atoms with van der Waals surface area (Å²) in [5.41, 5.74) is -2.09. The second-order valence-corrected chi connectivity index (χ2v) is 12.2. The van der Waals surface area contributed by atoms with Gasteiger partial charge in [-0.15, -0.1) is 0 Å². The molecule has 0 aromatic carbocycles. The lowest BCUT2D eigenvalue weighted by Crippen LogP contribution is -2.61. The molecule has 4 N–H and O–H groups in total. The zero-order valence-electron chi connectivity index (χ0n) is 29.9. The van der Waals surface area contributed by atoms with Crippen LogP contribution in [0.5, 0.6) is 0 Å². The maximum absolute atomic E-state index is 13.5. The normalized spacial score (nSPS) is 15.4. The molecule has 0 radical (unpaired) electrons. The number of carbonyl (C=O) groups excluding carboxylic acids is 10. The number of amides is 10. The molecule has 10 amide bonds. The molecule has 306 valence electrons. The van der Waals surface area contributed by atoms with Crippen molar-refractivity contribution < 1.29 is 75.3 Å². The van der Waals surface area contributed by atoms with Crippen molar-refractivity contribution >= 4 is 59.1 Å². The number of nitrogens with one attached hydrogen (secondary N) is 4. The van der Waals surface area contributed by atoms with Crippen LogP contribution < -0.4 is 21.3 Å². The van der Waals surface area contributed by atoms with Gasteiger partial charge in [-0.25, -0.2) is 0 Å². The molecule has 0 fully saturated rings. The zero-order chi connectivity index (χ0) is 41.3. The molecule has 0 spiro atoms. The number of ether oxygens (including phenoxy) is 3. The summed E-state index contributed by atoms with van der Waals surface area (Å²) in [5.74, 6) is -7.50. The van der Waals surface area contributed by atoms with Crippen molar-refractivity contribution in [2.45, 2.75) is 31.0 Å². The smallest absolute Gasteiger partial charge is 0.378 e. The second-order valence-electron chi connectivity index (χ2n) is 12.2. The molecule has 0 aromatic rings. The number of hydrogen-bond donors (Lipinski definition) is 4. The fourth-order valence-corrected chi connectivity index (χ4v) is 4.98. The van der Waals surface area contributed by atoms with Gasteiger partial charge in [0.15, 0.2) is 0 Å². The van der Waals surface area contributed by atoms with Gasteiger partial charge in [-0.3, -0.25) is 62.6 Å². The van der Waals surface area contributed by atoms with E-state index in [0.717, 1.165) is 51.2 Å². The van der Waals surface area contributed by atoms with Crippen molar-refractivity contribution in [2.75, 3.05) is 78.9 Å². The first-order valence-electron chi connectivity index (χ1n) is 17.0. The van der Waals surface area contributed by atoms with Crippen LogP contribution in [0.25, 0.3) is 0 Å². The molecule has 3 rings (SSSR count). The molecule has 0 atom stereocenters. The summed E-state index contributed by atoms with van der Waals surface area (Å²) in [6.45, 7) is -3.95. The van der Waals surface area contributed by atoms with Crippen LogP contribution in [-0.2, 0) is 62.2 Å². The van der Waals surface area contributed by atoms with Crippen LogP contribution in [0.3, 0.4) is 0 Å². The van der Waals surface area contributed by atoms with Crippen molar-refractivity contribution in [1.29, 1.82) is 0 Å². The van der Waals surface area contributed by atoms with E-state index in [9.17, 15) is 61.1 Å².